The molecule has 4 rings (SSSR count). The molecule has 4 amide bonds. The number of carbonyl (C=O) groups excluding carboxylic acids is 4. The maximum Gasteiger partial charge on any atom is 0.243 e. The molecule has 0 radical (unpaired) electrons. The normalized spacial score (nSPS) is 19.3. The van der Waals surface area contributed by atoms with Gasteiger partial charge in [-0.1, -0.05) is 73.1 Å². The molecular weight excluding hydrogens is 502 g/mol. The number of nitrogens with one attached hydrogen (secondary N) is 1. The molecule has 0 bridgehead atoms. The van der Waals surface area contributed by atoms with Crippen LogP contribution in [0.1, 0.15) is 43.7 Å². The molecule has 1 heterocycles. The molecule has 3 atom stereocenters. The van der Waals surface area contributed by atoms with Crippen molar-refractivity contribution in [1.82, 2.24) is 15.1 Å². The highest BCUT2D eigenvalue weighted by Crippen LogP contribution is 2.35. The summed E-state index contributed by atoms with van der Waals surface area (Å²) >= 11 is 6.22. The van der Waals surface area contributed by atoms with Crippen LogP contribution >= 0.6 is 11.6 Å². The van der Waals surface area contributed by atoms with Gasteiger partial charge in [0.15, 0.2) is 0 Å². The van der Waals surface area contributed by atoms with Gasteiger partial charge >= 0.3 is 0 Å². The van der Waals surface area contributed by atoms with Crippen molar-refractivity contribution in [3.8, 4) is 0 Å². The number of hydrogen-bond donors (Lipinski definition) is 1. The number of carbonyl (C=O) groups is 4. The average Bonchev–Trinajstić information content (AvgIpc) is 3.17. The Morgan fingerprint density at radius 1 is 1.00 bits per heavy atom. The van der Waals surface area contributed by atoms with Crippen LogP contribution < -0.4 is 5.32 Å². The van der Waals surface area contributed by atoms with Crippen molar-refractivity contribution in [1.29, 1.82) is 0 Å². The molecule has 2 aromatic carbocycles. The summed E-state index contributed by atoms with van der Waals surface area (Å²) < 4.78 is 0. The van der Waals surface area contributed by atoms with Crippen molar-refractivity contribution < 1.29 is 19.2 Å². The van der Waals surface area contributed by atoms with Crippen molar-refractivity contribution in [2.75, 3.05) is 13.1 Å². The van der Waals surface area contributed by atoms with Crippen LogP contribution in [0.2, 0.25) is 5.02 Å². The van der Waals surface area contributed by atoms with E-state index in [4.69, 9.17) is 11.6 Å². The molecule has 2 aliphatic rings. The molecule has 0 saturated carbocycles. The van der Waals surface area contributed by atoms with Crippen LogP contribution in [-0.4, -0.2) is 52.6 Å². The minimum atomic E-state index is -0.771. The summed E-state index contributed by atoms with van der Waals surface area (Å²) in [4.78, 5) is 55.8. The lowest BCUT2D eigenvalue weighted by molar-refractivity contribution is -0.144. The second-order valence-corrected chi connectivity index (χ2v) is 10.3. The van der Waals surface area contributed by atoms with E-state index in [-0.39, 0.29) is 55.0 Å². The quantitative estimate of drug-likeness (QED) is 0.346. The van der Waals surface area contributed by atoms with Crippen molar-refractivity contribution in [3.63, 3.8) is 0 Å². The number of benzene rings is 2. The van der Waals surface area contributed by atoms with E-state index in [0.29, 0.717) is 30.8 Å². The van der Waals surface area contributed by atoms with Gasteiger partial charge < -0.3 is 10.2 Å². The number of hydrogen-bond acceptors (Lipinski definition) is 4. The maximum atomic E-state index is 13.8. The van der Waals surface area contributed by atoms with E-state index < -0.39 is 6.04 Å². The Hall–Kier alpha value is -3.45. The van der Waals surface area contributed by atoms with Crippen LogP contribution in [0.15, 0.2) is 66.7 Å². The first kappa shape index (κ1) is 27.6. The van der Waals surface area contributed by atoms with Gasteiger partial charge in [0.2, 0.25) is 23.6 Å². The van der Waals surface area contributed by atoms with E-state index in [2.05, 4.69) is 5.32 Å². The molecule has 0 spiro atoms. The molecule has 1 aliphatic carbocycles. The van der Waals surface area contributed by atoms with Crippen LogP contribution in [0.4, 0.5) is 0 Å². The fourth-order valence-electron chi connectivity index (χ4n) is 5.19. The van der Waals surface area contributed by atoms with Crippen molar-refractivity contribution >= 4 is 35.2 Å². The molecule has 2 aromatic rings. The third kappa shape index (κ3) is 6.51. The van der Waals surface area contributed by atoms with Crippen LogP contribution in [0.3, 0.4) is 0 Å². The van der Waals surface area contributed by atoms with Gasteiger partial charge in [0.05, 0.1) is 11.8 Å². The van der Waals surface area contributed by atoms with Gasteiger partial charge in [0.25, 0.3) is 0 Å². The highest BCUT2D eigenvalue weighted by molar-refractivity contribution is 6.30. The van der Waals surface area contributed by atoms with E-state index in [1.165, 1.54) is 4.90 Å². The molecule has 7 nitrogen and oxygen atoms in total. The predicted octanol–water partition coefficient (Wildman–Crippen LogP) is 4.15. The molecule has 1 aliphatic heterocycles. The maximum absolute atomic E-state index is 13.8. The molecule has 1 N–H and O–H groups in total. The molecule has 1 fully saturated rings. The fourth-order valence-corrected chi connectivity index (χ4v) is 5.41. The number of nitrogens with zero attached hydrogens (tertiary/aromatic N) is 2. The monoisotopic (exact) mass is 535 g/mol. The number of rotatable bonds is 11. The second-order valence-electron chi connectivity index (χ2n) is 9.88. The molecule has 1 saturated heterocycles. The van der Waals surface area contributed by atoms with Gasteiger partial charge in [-0.2, -0.15) is 0 Å². The zero-order valence-electron chi connectivity index (χ0n) is 21.6. The molecule has 38 heavy (non-hydrogen) atoms. The summed E-state index contributed by atoms with van der Waals surface area (Å²) in [6.07, 6.45) is 6.03. The Morgan fingerprint density at radius 3 is 2.29 bits per heavy atom. The first-order valence-corrected chi connectivity index (χ1v) is 13.6. The Labute approximate surface area is 228 Å². The van der Waals surface area contributed by atoms with Crippen LogP contribution in [0.25, 0.3) is 0 Å². The Bertz CT molecular complexity index is 1170. The number of imide groups is 1. The van der Waals surface area contributed by atoms with Crippen LogP contribution in [0, 0.1) is 11.8 Å². The van der Waals surface area contributed by atoms with Gasteiger partial charge in [-0.15, -0.1) is 0 Å². The summed E-state index contributed by atoms with van der Waals surface area (Å²) in [5.41, 5.74) is 1.71. The molecule has 1 unspecified atom stereocenters. The average molecular weight is 536 g/mol. The van der Waals surface area contributed by atoms with E-state index in [0.717, 1.165) is 17.5 Å². The van der Waals surface area contributed by atoms with Crippen LogP contribution in [-0.2, 0) is 32.1 Å². The Morgan fingerprint density at radius 2 is 1.66 bits per heavy atom. The fraction of sp³-hybridized carbons (Fsp3) is 0.400. The van der Waals surface area contributed by atoms with E-state index >= 15 is 0 Å². The van der Waals surface area contributed by atoms with Crippen molar-refractivity contribution in [3.05, 3.63) is 82.9 Å². The lowest BCUT2D eigenvalue weighted by atomic mass is 9.85. The van der Waals surface area contributed by atoms with Gasteiger partial charge in [-0.3, -0.25) is 24.1 Å². The van der Waals surface area contributed by atoms with Crippen molar-refractivity contribution in [2.24, 2.45) is 11.8 Å². The topological polar surface area (TPSA) is 86.8 Å². The van der Waals surface area contributed by atoms with Gasteiger partial charge in [-0.25, -0.2) is 0 Å². The van der Waals surface area contributed by atoms with Gasteiger partial charge in [0.1, 0.15) is 6.04 Å². The molecule has 8 heteroatoms. The first-order valence-electron chi connectivity index (χ1n) is 13.2. The Balaban J connectivity index is 1.57. The molecule has 0 aromatic heterocycles. The van der Waals surface area contributed by atoms with E-state index in [1.54, 1.807) is 23.1 Å². The summed E-state index contributed by atoms with van der Waals surface area (Å²) in [5, 5.41) is 3.48. The lowest BCUT2D eigenvalue weighted by Crippen LogP contribution is -2.51. The van der Waals surface area contributed by atoms with Gasteiger partial charge in [-0.05, 0) is 42.5 Å². The molecule has 200 valence electrons. The van der Waals surface area contributed by atoms with Crippen molar-refractivity contribution in [2.45, 2.75) is 51.6 Å². The standard InChI is InChI=1S/C30H34ClN3O4/c1-2-16-32-28(36)26(19-21-9-4-3-5-10-21)34(20-22-11-8-12-23(31)18-22)27(35)15-17-33-29(37)24-13-6-7-14-25(24)30(33)38/h3-12,18,24-26H,2,13-17,19-20H2,1H3,(H,32,36)/t24-,25+,26?. The zero-order valence-corrected chi connectivity index (χ0v) is 22.4. The number of fused-ring (bicyclic) bond motifs is 1. The highest BCUT2D eigenvalue weighted by Gasteiger charge is 2.47. The summed E-state index contributed by atoms with van der Waals surface area (Å²) in [6, 6.07) is 16.0. The number of amides is 4. The Kier molecular flexibility index (Phi) is 9.34. The minimum Gasteiger partial charge on any atom is -0.354 e. The zero-order chi connectivity index (χ0) is 27.1. The third-order valence-electron chi connectivity index (χ3n) is 7.21. The minimum absolute atomic E-state index is 0.00415. The lowest BCUT2D eigenvalue weighted by Gasteiger charge is -2.32. The number of likely N-dealkylation sites (tertiary alicyclic amines) is 1. The third-order valence-corrected chi connectivity index (χ3v) is 7.45. The van der Waals surface area contributed by atoms with Gasteiger partial charge in [0, 0.05) is 37.5 Å². The largest absolute Gasteiger partial charge is 0.354 e. The summed E-state index contributed by atoms with van der Waals surface area (Å²) in [6.45, 7) is 2.65. The molecular formula is C30H34ClN3O4. The predicted molar refractivity (Wildman–Crippen MR) is 146 cm³/mol. The van der Waals surface area contributed by atoms with E-state index in [1.807, 2.05) is 55.5 Å². The highest BCUT2D eigenvalue weighted by atomic mass is 35.5. The first-order chi connectivity index (χ1) is 18.4. The number of halogens is 1. The summed E-state index contributed by atoms with van der Waals surface area (Å²) in [7, 11) is 0. The SMILES string of the molecule is CCCNC(=O)C(Cc1ccccc1)N(Cc1cccc(Cl)c1)C(=O)CCN1C(=O)[C@H]2CC=CC[C@H]2C1=O. The smallest absolute Gasteiger partial charge is 0.243 e. The van der Waals surface area contributed by atoms with E-state index in [9.17, 15) is 19.2 Å². The second kappa shape index (κ2) is 12.9. The summed E-state index contributed by atoms with van der Waals surface area (Å²) in [5.74, 6) is -1.63. The van der Waals surface area contributed by atoms with Crippen LogP contribution in [0.5, 0.6) is 0 Å². The number of allylic oxidation sites excluding steroid dienone is 2.